The Morgan fingerprint density at radius 3 is 1.91 bits per heavy atom. The number of hydrogen-bond acceptors (Lipinski definition) is 3. The Balaban J connectivity index is 1.44. The highest BCUT2D eigenvalue weighted by molar-refractivity contribution is 5.96. The van der Waals surface area contributed by atoms with Crippen molar-refractivity contribution in [1.29, 1.82) is 0 Å². The van der Waals surface area contributed by atoms with Crippen LogP contribution in [0.25, 0.3) is 10.9 Å². The molecule has 234 valence electrons. The van der Waals surface area contributed by atoms with Gasteiger partial charge in [-0.3, -0.25) is 0 Å². The second kappa shape index (κ2) is 18.2. The van der Waals surface area contributed by atoms with E-state index in [9.17, 15) is 9.90 Å². The molecule has 1 N–H and O–H groups in total. The molecule has 1 heterocycles. The summed E-state index contributed by atoms with van der Waals surface area (Å²) < 4.78 is 6.56. The smallest absolute Gasteiger partial charge is 0.354 e. The average molecular weight is 594 g/mol. The summed E-state index contributed by atoms with van der Waals surface area (Å²) in [5, 5.41) is 11.0. The van der Waals surface area contributed by atoms with Crippen LogP contribution in [0.1, 0.15) is 129 Å². The van der Waals surface area contributed by atoms with Crippen molar-refractivity contribution in [2.24, 2.45) is 0 Å². The van der Waals surface area contributed by atoms with E-state index in [-0.39, 0.29) is 5.69 Å². The molecule has 4 heteroatoms. The molecular formula is C40H51NO3. The standard InChI is InChI=1S/C40H51NO3/c1-3-5-7-8-9-10-11-12-13-15-19-31-22-24-34(25-23-31)30-44-39-35-28-33(18-6-4-2)26-27-37(35)41-38(40(42)43)36(39)29-32-20-16-14-17-21-32/h14,16-17,20-28H,3-13,15,18-19,29-30H2,1-2H3,(H,42,43). The fourth-order valence-electron chi connectivity index (χ4n) is 5.94. The number of carbonyl (C=O) groups is 1. The summed E-state index contributed by atoms with van der Waals surface area (Å²) in [7, 11) is 0. The predicted molar refractivity (Wildman–Crippen MR) is 183 cm³/mol. The van der Waals surface area contributed by atoms with Crippen molar-refractivity contribution < 1.29 is 14.6 Å². The van der Waals surface area contributed by atoms with Crippen LogP contribution in [0.15, 0.2) is 72.8 Å². The lowest BCUT2D eigenvalue weighted by atomic mass is 9.98. The number of fused-ring (bicyclic) bond motifs is 1. The molecule has 0 saturated carbocycles. The van der Waals surface area contributed by atoms with Gasteiger partial charge in [0.2, 0.25) is 0 Å². The summed E-state index contributed by atoms with van der Waals surface area (Å²) in [5.41, 5.74) is 6.02. The SMILES string of the molecule is CCCCCCCCCCCCc1ccc(COc2c(Cc3ccccc3)c(C(=O)O)nc3ccc(CCCC)cc23)cc1. The highest BCUT2D eigenvalue weighted by atomic mass is 16.5. The zero-order valence-corrected chi connectivity index (χ0v) is 27.0. The summed E-state index contributed by atoms with van der Waals surface area (Å²) in [6.07, 6.45) is 18.2. The van der Waals surface area contributed by atoms with E-state index in [0.717, 1.165) is 42.2 Å². The number of hydrogen-bond donors (Lipinski definition) is 1. The van der Waals surface area contributed by atoms with Crippen LogP contribution in [0.2, 0.25) is 0 Å². The number of aryl methyl sites for hydroxylation is 2. The molecule has 0 radical (unpaired) electrons. The lowest BCUT2D eigenvalue weighted by Crippen LogP contribution is -2.11. The molecule has 0 amide bonds. The molecular weight excluding hydrogens is 542 g/mol. The molecule has 1 aromatic heterocycles. The molecule has 0 aliphatic rings. The number of pyridine rings is 1. The Morgan fingerprint density at radius 1 is 0.659 bits per heavy atom. The number of rotatable bonds is 20. The Labute approximate surface area is 264 Å². The van der Waals surface area contributed by atoms with E-state index in [0.29, 0.717) is 29.9 Å². The van der Waals surface area contributed by atoms with Gasteiger partial charge in [-0.15, -0.1) is 0 Å². The lowest BCUT2D eigenvalue weighted by Gasteiger charge is -2.18. The van der Waals surface area contributed by atoms with Gasteiger partial charge in [-0.2, -0.15) is 0 Å². The fourth-order valence-corrected chi connectivity index (χ4v) is 5.94. The predicted octanol–water partition coefficient (Wildman–Crippen LogP) is 10.9. The maximum Gasteiger partial charge on any atom is 0.354 e. The zero-order chi connectivity index (χ0) is 31.0. The normalized spacial score (nSPS) is 11.2. The van der Waals surface area contributed by atoms with Crippen molar-refractivity contribution in [3.05, 3.63) is 106 Å². The van der Waals surface area contributed by atoms with Gasteiger partial charge in [-0.25, -0.2) is 9.78 Å². The fraction of sp³-hybridized carbons (Fsp3) is 0.450. The summed E-state index contributed by atoms with van der Waals surface area (Å²) in [6, 6.07) is 24.8. The van der Waals surface area contributed by atoms with Crippen molar-refractivity contribution >= 4 is 16.9 Å². The largest absolute Gasteiger partial charge is 0.488 e. The third-order valence-electron chi connectivity index (χ3n) is 8.57. The average Bonchev–Trinajstić information content (AvgIpc) is 3.04. The molecule has 0 bridgehead atoms. The van der Waals surface area contributed by atoms with Crippen molar-refractivity contribution in [3.63, 3.8) is 0 Å². The zero-order valence-electron chi connectivity index (χ0n) is 27.0. The van der Waals surface area contributed by atoms with Crippen LogP contribution in [-0.2, 0) is 25.9 Å². The van der Waals surface area contributed by atoms with E-state index in [1.54, 1.807) is 0 Å². The van der Waals surface area contributed by atoms with Gasteiger partial charge < -0.3 is 9.84 Å². The van der Waals surface area contributed by atoms with Crippen molar-refractivity contribution in [1.82, 2.24) is 4.98 Å². The minimum atomic E-state index is -1.03. The second-order valence-electron chi connectivity index (χ2n) is 12.2. The minimum absolute atomic E-state index is 0.0597. The van der Waals surface area contributed by atoms with Crippen LogP contribution in [0.3, 0.4) is 0 Å². The first-order valence-corrected chi connectivity index (χ1v) is 17.0. The Hall–Kier alpha value is -3.66. The van der Waals surface area contributed by atoms with Gasteiger partial charge in [-0.1, -0.05) is 139 Å². The molecule has 0 unspecified atom stereocenters. The first-order chi connectivity index (χ1) is 21.6. The van der Waals surface area contributed by atoms with Crippen LogP contribution in [0.5, 0.6) is 5.75 Å². The molecule has 0 saturated heterocycles. The van der Waals surface area contributed by atoms with Crippen molar-refractivity contribution in [3.8, 4) is 5.75 Å². The number of unbranched alkanes of at least 4 members (excludes halogenated alkanes) is 10. The van der Waals surface area contributed by atoms with Crippen LogP contribution >= 0.6 is 0 Å². The van der Waals surface area contributed by atoms with E-state index < -0.39 is 5.97 Å². The third kappa shape index (κ3) is 10.2. The molecule has 44 heavy (non-hydrogen) atoms. The maximum atomic E-state index is 12.4. The van der Waals surface area contributed by atoms with E-state index in [4.69, 9.17) is 4.74 Å². The lowest BCUT2D eigenvalue weighted by molar-refractivity contribution is 0.0689. The Bertz CT molecular complexity index is 1430. The van der Waals surface area contributed by atoms with Crippen LogP contribution in [0.4, 0.5) is 0 Å². The van der Waals surface area contributed by atoms with Crippen molar-refractivity contribution in [2.75, 3.05) is 0 Å². The number of aromatic nitrogens is 1. The van der Waals surface area contributed by atoms with Gasteiger partial charge in [0, 0.05) is 17.4 Å². The van der Waals surface area contributed by atoms with E-state index in [2.05, 4.69) is 55.2 Å². The molecule has 0 spiro atoms. The highest BCUT2D eigenvalue weighted by Gasteiger charge is 2.22. The number of carboxylic acid groups (broad SMARTS) is 1. The quantitative estimate of drug-likeness (QED) is 0.104. The summed E-state index contributed by atoms with van der Waals surface area (Å²) in [5.74, 6) is -0.405. The van der Waals surface area contributed by atoms with Gasteiger partial charge in [0.25, 0.3) is 0 Å². The minimum Gasteiger partial charge on any atom is -0.488 e. The number of carboxylic acids is 1. The highest BCUT2D eigenvalue weighted by Crippen LogP contribution is 2.34. The number of nitrogens with zero attached hydrogens (tertiary/aromatic N) is 1. The molecule has 0 atom stereocenters. The topological polar surface area (TPSA) is 59.4 Å². The second-order valence-corrected chi connectivity index (χ2v) is 12.2. The number of ether oxygens (including phenoxy) is 1. The summed E-state index contributed by atoms with van der Waals surface area (Å²) >= 11 is 0. The Kier molecular flexibility index (Phi) is 13.8. The molecule has 4 aromatic rings. The molecule has 4 rings (SSSR count). The van der Waals surface area contributed by atoms with Crippen LogP contribution < -0.4 is 4.74 Å². The van der Waals surface area contributed by atoms with Crippen molar-refractivity contribution in [2.45, 2.75) is 117 Å². The van der Waals surface area contributed by atoms with E-state index in [1.807, 2.05) is 36.4 Å². The molecule has 3 aromatic carbocycles. The van der Waals surface area contributed by atoms with E-state index >= 15 is 0 Å². The molecule has 4 nitrogen and oxygen atoms in total. The monoisotopic (exact) mass is 593 g/mol. The van der Waals surface area contributed by atoms with Crippen LogP contribution in [0, 0.1) is 0 Å². The molecule has 0 fully saturated rings. The van der Waals surface area contributed by atoms with Crippen LogP contribution in [-0.4, -0.2) is 16.1 Å². The van der Waals surface area contributed by atoms with E-state index in [1.165, 1.54) is 75.3 Å². The van der Waals surface area contributed by atoms with Gasteiger partial charge >= 0.3 is 5.97 Å². The molecule has 0 aliphatic carbocycles. The number of benzene rings is 3. The summed E-state index contributed by atoms with van der Waals surface area (Å²) in [4.78, 5) is 17.0. The first kappa shape index (κ1) is 33.2. The number of aromatic carboxylic acids is 1. The third-order valence-corrected chi connectivity index (χ3v) is 8.57. The van der Waals surface area contributed by atoms with Gasteiger partial charge in [0.15, 0.2) is 5.69 Å². The molecule has 0 aliphatic heterocycles. The summed E-state index contributed by atoms with van der Waals surface area (Å²) in [6.45, 7) is 4.84. The maximum absolute atomic E-state index is 12.4. The Morgan fingerprint density at radius 2 is 1.25 bits per heavy atom. The van der Waals surface area contributed by atoms with Gasteiger partial charge in [0.05, 0.1) is 5.52 Å². The first-order valence-electron chi connectivity index (χ1n) is 17.0. The van der Waals surface area contributed by atoms with Gasteiger partial charge in [-0.05, 0) is 60.1 Å². The van der Waals surface area contributed by atoms with Gasteiger partial charge in [0.1, 0.15) is 12.4 Å².